The van der Waals surface area contributed by atoms with Crippen LogP contribution < -0.4 is 5.32 Å². The lowest BCUT2D eigenvalue weighted by Gasteiger charge is -2.32. The van der Waals surface area contributed by atoms with Crippen LogP contribution >= 0.6 is 11.3 Å². The van der Waals surface area contributed by atoms with Gasteiger partial charge in [-0.15, -0.1) is 11.3 Å². The molecule has 1 aromatic heterocycles. The molecule has 3 N–H and O–H groups in total. The van der Waals surface area contributed by atoms with Crippen LogP contribution in [0.1, 0.15) is 43.0 Å². The molecule has 102 valence electrons. The van der Waals surface area contributed by atoms with Gasteiger partial charge in [0.25, 0.3) is 0 Å². The molecule has 0 amide bonds. The van der Waals surface area contributed by atoms with Gasteiger partial charge in [0.2, 0.25) is 0 Å². The van der Waals surface area contributed by atoms with E-state index in [4.69, 9.17) is 0 Å². The van der Waals surface area contributed by atoms with Crippen molar-refractivity contribution in [3.63, 3.8) is 0 Å². The second-order valence-corrected chi connectivity index (χ2v) is 6.10. The summed E-state index contributed by atoms with van der Waals surface area (Å²) in [6.07, 6.45) is 6.45. The quantitative estimate of drug-likeness (QED) is 0.743. The zero-order valence-electron chi connectivity index (χ0n) is 10.7. The lowest BCUT2D eigenvalue weighted by atomic mass is 9.83. The Balaban J connectivity index is 2.07. The van der Waals surface area contributed by atoms with Gasteiger partial charge in [0.05, 0.1) is 19.3 Å². The second-order valence-electron chi connectivity index (χ2n) is 5.12. The third-order valence-corrected chi connectivity index (χ3v) is 4.78. The number of aliphatic hydroxyl groups excluding tert-OH is 2. The van der Waals surface area contributed by atoms with Crippen LogP contribution in [0.4, 0.5) is 0 Å². The van der Waals surface area contributed by atoms with Gasteiger partial charge >= 0.3 is 0 Å². The highest BCUT2D eigenvalue weighted by Gasteiger charge is 2.27. The van der Waals surface area contributed by atoms with Crippen LogP contribution in [0.5, 0.6) is 0 Å². The van der Waals surface area contributed by atoms with Crippen molar-refractivity contribution in [2.75, 3.05) is 13.2 Å². The third kappa shape index (κ3) is 3.54. The molecular weight excluding hydrogens is 246 g/mol. The fourth-order valence-electron chi connectivity index (χ4n) is 2.80. The van der Waals surface area contributed by atoms with Gasteiger partial charge in [0.15, 0.2) is 0 Å². The molecule has 0 bridgehead atoms. The molecule has 0 unspecified atom stereocenters. The van der Waals surface area contributed by atoms with E-state index in [9.17, 15) is 10.2 Å². The first-order valence-corrected chi connectivity index (χ1v) is 7.74. The third-order valence-electron chi connectivity index (χ3n) is 3.83. The molecule has 1 fully saturated rings. The Morgan fingerprint density at radius 1 is 1.22 bits per heavy atom. The highest BCUT2D eigenvalue weighted by molar-refractivity contribution is 7.10. The van der Waals surface area contributed by atoms with Gasteiger partial charge in [0.1, 0.15) is 0 Å². The van der Waals surface area contributed by atoms with E-state index in [2.05, 4.69) is 22.8 Å². The van der Waals surface area contributed by atoms with Crippen molar-refractivity contribution in [2.24, 2.45) is 5.92 Å². The van der Waals surface area contributed by atoms with Gasteiger partial charge in [0, 0.05) is 10.9 Å². The van der Waals surface area contributed by atoms with Crippen molar-refractivity contribution in [3.8, 4) is 0 Å². The van der Waals surface area contributed by atoms with Crippen molar-refractivity contribution < 1.29 is 10.2 Å². The minimum atomic E-state index is -0.209. The topological polar surface area (TPSA) is 52.5 Å². The van der Waals surface area contributed by atoms with Crippen molar-refractivity contribution in [1.82, 2.24) is 5.32 Å². The van der Waals surface area contributed by atoms with Gasteiger partial charge in [-0.3, -0.25) is 0 Å². The maximum absolute atomic E-state index is 9.25. The normalized spacial score (nSPS) is 19.3. The van der Waals surface area contributed by atoms with Crippen molar-refractivity contribution >= 4 is 11.3 Å². The Morgan fingerprint density at radius 2 is 1.94 bits per heavy atom. The number of hydrogen-bond donors (Lipinski definition) is 3. The Bertz CT molecular complexity index is 319. The first-order chi connectivity index (χ1) is 8.85. The van der Waals surface area contributed by atoms with E-state index in [-0.39, 0.29) is 25.3 Å². The van der Waals surface area contributed by atoms with Crippen molar-refractivity contribution in [1.29, 1.82) is 0 Å². The second kappa shape index (κ2) is 7.24. The van der Waals surface area contributed by atoms with Gasteiger partial charge < -0.3 is 15.5 Å². The molecular formula is C14H23NO2S. The smallest absolute Gasteiger partial charge is 0.0607 e. The molecule has 1 aromatic rings. The Hall–Kier alpha value is -0.420. The van der Waals surface area contributed by atoms with Crippen LogP contribution in [-0.4, -0.2) is 29.5 Å². The van der Waals surface area contributed by atoms with Crippen molar-refractivity contribution in [3.05, 3.63) is 22.4 Å². The summed E-state index contributed by atoms with van der Waals surface area (Å²) in [6, 6.07) is 4.31. The molecule has 0 radical (unpaired) electrons. The highest BCUT2D eigenvalue weighted by atomic mass is 32.1. The summed E-state index contributed by atoms with van der Waals surface area (Å²) in [7, 11) is 0. The van der Waals surface area contributed by atoms with E-state index in [1.54, 1.807) is 11.3 Å². The summed E-state index contributed by atoms with van der Waals surface area (Å²) in [4.78, 5) is 1.33. The maximum atomic E-state index is 9.25. The summed E-state index contributed by atoms with van der Waals surface area (Å²) in [6.45, 7) is -0.0177. The standard InChI is InChI=1S/C14H23NO2S/c16-9-12(10-17)15-14(13-7-4-8-18-13)11-5-2-1-3-6-11/h4,7-8,11-12,14-17H,1-3,5-6,9-10H2/t14-/m0/s1. The van der Waals surface area contributed by atoms with Crippen LogP contribution in [0.3, 0.4) is 0 Å². The molecule has 0 aromatic carbocycles. The van der Waals surface area contributed by atoms with E-state index >= 15 is 0 Å². The van der Waals surface area contributed by atoms with E-state index < -0.39 is 0 Å². The van der Waals surface area contributed by atoms with Crippen LogP contribution in [0.25, 0.3) is 0 Å². The van der Waals surface area contributed by atoms with Crippen LogP contribution in [-0.2, 0) is 0 Å². The first kappa shape index (κ1) is 14.0. The average molecular weight is 269 g/mol. The van der Waals surface area contributed by atoms with Crippen LogP contribution in [0.15, 0.2) is 17.5 Å². The fraction of sp³-hybridized carbons (Fsp3) is 0.714. The Morgan fingerprint density at radius 3 is 2.50 bits per heavy atom. The molecule has 1 saturated carbocycles. The summed E-state index contributed by atoms with van der Waals surface area (Å²) >= 11 is 1.76. The van der Waals surface area contributed by atoms with E-state index in [0.29, 0.717) is 5.92 Å². The fourth-order valence-corrected chi connectivity index (χ4v) is 3.68. The Kier molecular flexibility index (Phi) is 5.63. The number of nitrogens with one attached hydrogen (secondary N) is 1. The largest absolute Gasteiger partial charge is 0.395 e. The predicted molar refractivity (Wildman–Crippen MR) is 74.7 cm³/mol. The SMILES string of the molecule is OCC(CO)N[C@H](c1cccs1)C1CCCCC1. The van der Waals surface area contributed by atoms with Crippen LogP contribution in [0.2, 0.25) is 0 Å². The Labute approximate surface area is 113 Å². The molecule has 1 aliphatic rings. The molecule has 1 aliphatic carbocycles. The molecule has 0 spiro atoms. The summed E-state index contributed by atoms with van der Waals surface area (Å²) in [5.74, 6) is 0.637. The number of thiophene rings is 1. The van der Waals surface area contributed by atoms with Gasteiger partial charge in [-0.2, -0.15) is 0 Å². The van der Waals surface area contributed by atoms with E-state index in [1.807, 2.05) is 0 Å². The average Bonchev–Trinajstić information content (AvgIpc) is 2.95. The minimum Gasteiger partial charge on any atom is -0.395 e. The van der Waals surface area contributed by atoms with Crippen molar-refractivity contribution in [2.45, 2.75) is 44.2 Å². The van der Waals surface area contributed by atoms with E-state index in [1.165, 1.54) is 37.0 Å². The monoisotopic (exact) mass is 269 g/mol. The molecule has 4 heteroatoms. The molecule has 18 heavy (non-hydrogen) atoms. The predicted octanol–water partition coefficient (Wildman–Crippen LogP) is 2.31. The summed E-state index contributed by atoms with van der Waals surface area (Å²) in [5, 5.41) is 24.0. The maximum Gasteiger partial charge on any atom is 0.0607 e. The number of hydrogen-bond acceptors (Lipinski definition) is 4. The van der Waals surface area contributed by atoms with Crippen LogP contribution in [0, 0.1) is 5.92 Å². The number of rotatable bonds is 6. The lowest BCUT2D eigenvalue weighted by Crippen LogP contribution is -2.41. The molecule has 0 saturated heterocycles. The van der Waals surface area contributed by atoms with Gasteiger partial charge in [-0.25, -0.2) is 0 Å². The molecule has 1 atom stereocenters. The lowest BCUT2D eigenvalue weighted by molar-refractivity contribution is 0.145. The van der Waals surface area contributed by atoms with E-state index in [0.717, 1.165) is 0 Å². The summed E-state index contributed by atoms with van der Waals surface area (Å²) in [5.41, 5.74) is 0. The number of aliphatic hydroxyl groups is 2. The van der Waals surface area contributed by atoms with Gasteiger partial charge in [-0.1, -0.05) is 25.3 Å². The first-order valence-electron chi connectivity index (χ1n) is 6.86. The molecule has 3 nitrogen and oxygen atoms in total. The molecule has 2 rings (SSSR count). The zero-order chi connectivity index (χ0) is 12.8. The molecule has 0 aliphatic heterocycles. The zero-order valence-corrected chi connectivity index (χ0v) is 11.5. The molecule has 1 heterocycles. The highest BCUT2D eigenvalue weighted by Crippen LogP contribution is 2.36. The van der Waals surface area contributed by atoms with Gasteiger partial charge in [-0.05, 0) is 30.2 Å². The summed E-state index contributed by atoms with van der Waals surface area (Å²) < 4.78 is 0. The minimum absolute atomic E-state index is 0.00883.